The molecule has 13 heteroatoms. The standard InChI is InChI=1S/C45H50N5O3P4S/c1-6-8-28-45(29-9-7-2)43-30-34(4)12-26-41(43)42-27-19-36(31-44(42)45)14-13-35-15-22-39(23-16-35)52-57(55(54)49-48-46)53-40-24-17-37(18-25-40)32-47-50(5)56(58)51-38-20-10-33(3)11-21-38/h10-27,30-32H,6-9,28-29,54H2,1-5H3/q+1/b14-13+,47-32-. The van der Waals surface area contributed by atoms with E-state index in [0.717, 1.165) is 22.4 Å². The number of hydrogen-bond donors (Lipinski definition) is 0. The lowest BCUT2D eigenvalue weighted by Gasteiger charge is -2.33. The van der Waals surface area contributed by atoms with Crippen LogP contribution in [0.3, 0.4) is 0 Å². The molecule has 58 heavy (non-hydrogen) atoms. The van der Waals surface area contributed by atoms with Gasteiger partial charge in [-0.05, 0) is 114 Å². The molecule has 0 fully saturated rings. The zero-order valence-corrected chi connectivity index (χ0v) is 38.3. The van der Waals surface area contributed by atoms with E-state index in [1.165, 1.54) is 71.9 Å². The Bertz CT molecular complexity index is 2290. The molecule has 5 aromatic carbocycles. The lowest BCUT2D eigenvalue weighted by Crippen LogP contribution is -2.25. The van der Waals surface area contributed by atoms with Crippen LogP contribution in [-0.4, -0.2) is 18.0 Å². The Labute approximate surface area is 353 Å². The number of hydrogen-bond acceptors (Lipinski definition) is 5. The van der Waals surface area contributed by atoms with Crippen LogP contribution >= 0.6 is 31.2 Å². The van der Waals surface area contributed by atoms with E-state index in [2.05, 4.69) is 93.4 Å². The van der Waals surface area contributed by atoms with Gasteiger partial charge in [0.2, 0.25) is 18.9 Å². The van der Waals surface area contributed by atoms with Gasteiger partial charge >= 0.3 is 15.1 Å². The lowest BCUT2D eigenvalue weighted by atomic mass is 9.70. The summed E-state index contributed by atoms with van der Waals surface area (Å²) in [5, 5.41) is 7.50. The van der Waals surface area contributed by atoms with Gasteiger partial charge in [-0.3, -0.25) is 4.52 Å². The maximum Gasteiger partial charge on any atom is 0.540 e. The molecule has 0 aromatic heterocycles. The summed E-state index contributed by atoms with van der Waals surface area (Å²) in [6, 6.07) is 37.2. The average Bonchev–Trinajstić information content (AvgIpc) is 3.49. The van der Waals surface area contributed by atoms with Crippen LogP contribution in [-0.2, 0) is 17.2 Å². The molecule has 0 saturated heterocycles. The second kappa shape index (κ2) is 20.7. The minimum Gasteiger partial charge on any atom is -0.404 e. The fraction of sp³-hybridized carbons (Fsp3) is 0.267. The number of hydrazone groups is 1. The lowest BCUT2D eigenvalue weighted by molar-refractivity contribution is 0.414. The zero-order chi connectivity index (χ0) is 41.1. The van der Waals surface area contributed by atoms with Gasteiger partial charge in [-0.2, -0.15) is 4.85 Å². The summed E-state index contributed by atoms with van der Waals surface area (Å²) < 4.78 is 20.1. The molecule has 0 amide bonds. The van der Waals surface area contributed by atoms with Crippen molar-refractivity contribution in [2.24, 2.45) is 15.2 Å². The number of nitrogens with zero attached hydrogens (tertiary/aromatic N) is 5. The van der Waals surface area contributed by atoms with E-state index in [-0.39, 0.29) is 5.41 Å². The quantitative estimate of drug-likeness (QED) is 0.0271. The highest BCUT2D eigenvalue weighted by Crippen LogP contribution is 2.68. The van der Waals surface area contributed by atoms with Gasteiger partial charge in [0.05, 0.1) is 13.3 Å². The van der Waals surface area contributed by atoms with E-state index in [4.69, 9.17) is 25.4 Å². The number of fused-ring (bicyclic) bond motifs is 3. The molecular weight excluding hydrogens is 814 g/mol. The van der Waals surface area contributed by atoms with Crippen LogP contribution in [0.25, 0.3) is 28.8 Å². The fourth-order valence-corrected chi connectivity index (χ4v) is 11.4. The van der Waals surface area contributed by atoms with Crippen LogP contribution < -0.4 is 13.6 Å². The van der Waals surface area contributed by atoms with Crippen LogP contribution in [0.15, 0.2) is 124 Å². The first-order chi connectivity index (χ1) is 28.1. The summed E-state index contributed by atoms with van der Waals surface area (Å²) in [5.74, 6) is 1.94. The van der Waals surface area contributed by atoms with E-state index in [9.17, 15) is 5.53 Å². The molecule has 1 aliphatic rings. The maximum absolute atomic E-state index is 9.21. The van der Waals surface area contributed by atoms with Crippen molar-refractivity contribution in [2.75, 3.05) is 7.05 Å². The highest BCUT2D eigenvalue weighted by atomic mass is 32.4. The first-order valence-electron chi connectivity index (χ1n) is 19.5. The molecule has 1 aliphatic carbocycles. The minimum absolute atomic E-state index is 0.0554. The Hall–Kier alpha value is -4.21. The molecule has 0 radical (unpaired) electrons. The summed E-state index contributed by atoms with van der Waals surface area (Å²) in [7, 11) is 0.0450. The average molecular weight is 865 g/mol. The number of rotatable bonds is 19. The van der Waals surface area contributed by atoms with Gasteiger partial charge in [0.1, 0.15) is 20.4 Å². The van der Waals surface area contributed by atoms with Crippen molar-refractivity contribution in [3.63, 3.8) is 0 Å². The summed E-state index contributed by atoms with van der Waals surface area (Å²) in [6.45, 7) is 8.83. The molecule has 0 aliphatic heterocycles. The molecule has 8 nitrogen and oxygen atoms in total. The number of unbranched alkanes of at least 4 members (excludes halogenated alkanes) is 2. The predicted molar refractivity (Wildman–Crippen MR) is 253 cm³/mol. The molecule has 0 heterocycles. The van der Waals surface area contributed by atoms with Gasteiger partial charge < -0.3 is 14.6 Å². The van der Waals surface area contributed by atoms with Crippen molar-refractivity contribution in [1.82, 2.24) is 4.78 Å². The van der Waals surface area contributed by atoms with Crippen molar-refractivity contribution in [3.05, 3.63) is 154 Å². The first kappa shape index (κ1) is 43.4. The summed E-state index contributed by atoms with van der Waals surface area (Å²) in [6.07, 6.45) is 13.2. The summed E-state index contributed by atoms with van der Waals surface area (Å²) in [5.41, 5.74) is 20.6. The number of aryl methyl sites for hydroxylation is 2. The summed E-state index contributed by atoms with van der Waals surface area (Å²) in [4.78, 5) is 3.93. The van der Waals surface area contributed by atoms with E-state index in [0.29, 0.717) is 11.5 Å². The third-order valence-electron chi connectivity index (χ3n) is 10.2. The first-order valence-corrected chi connectivity index (χ1v) is 26.5. The van der Waals surface area contributed by atoms with Crippen molar-refractivity contribution in [1.29, 1.82) is 0 Å². The highest BCUT2D eigenvalue weighted by Gasteiger charge is 2.42. The molecule has 5 aromatic rings. The van der Waals surface area contributed by atoms with Crippen LogP contribution in [0, 0.1) is 13.8 Å². The Balaban J connectivity index is 1.12. The van der Waals surface area contributed by atoms with Crippen LogP contribution in [0.4, 0.5) is 0 Å². The van der Waals surface area contributed by atoms with Crippen molar-refractivity contribution in [2.45, 2.75) is 71.6 Å². The Morgan fingerprint density at radius 2 is 1.24 bits per heavy atom. The molecule has 4 unspecified atom stereocenters. The predicted octanol–water partition coefficient (Wildman–Crippen LogP) is 15.3. The fourth-order valence-electron chi connectivity index (χ4n) is 7.10. The molecule has 0 N–H and O–H groups in total. The molecule has 0 saturated carbocycles. The maximum atomic E-state index is 9.21. The topological polar surface area (TPSA) is 90.3 Å². The zero-order valence-electron chi connectivity index (χ0n) is 33.7. The van der Waals surface area contributed by atoms with Crippen LogP contribution in [0.2, 0.25) is 0 Å². The van der Waals surface area contributed by atoms with Gasteiger partial charge in [0.15, 0.2) is 5.75 Å². The second-order valence-corrected chi connectivity index (χ2v) is 23.2. The van der Waals surface area contributed by atoms with Crippen LogP contribution in [0.5, 0.6) is 17.2 Å². The molecule has 4 atom stereocenters. The van der Waals surface area contributed by atoms with Crippen molar-refractivity contribution in [3.8, 4) is 28.4 Å². The smallest absolute Gasteiger partial charge is 0.404 e. The van der Waals surface area contributed by atoms with Gasteiger partial charge in [-0.15, -0.1) is 5.10 Å². The molecule has 6 rings (SSSR count). The van der Waals surface area contributed by atoms with E-state index < -0.39 is 22.2 Å². The number of benzene rings is 5. The molecular formula is C45H50N5O3P4S+. The van der Waals surface area contributed by atoms with E-state index in [1.807, 2.05) is 79.7 Å². The van der Waals surface area contributed by atoms with E-state index in [1.54, 1.807) is 18.0 Å². The molecule has 298 valence electrons. The summed E-state index contributed by atoms with van der Waals surface area (Å²) >= 11 is 5.54. The third-order valence-corrected chi connectivity index (χ3v) is 17.1. The van der Waals surface area contributed by atoms with Crippen molar-refractivity contribution < 1.29 is 13.6 Å². The molecule has 0 bridgehead atoms. The van der Waals surface area contributed by atoms with Crippen LogP contribution in [0.1, 0.15) is 91.3 Å². The second-order valence-electron chi connectivity index (χ2n) is 14.4. The van der Waals surface area contributed by atoms with Crippen molar-refractivity contribution >= 4 is 61.3 Å². The highest BCUT2D eigenvalue weighted by molar-refractivity contribution is 8.46. The van der Waals surface area contributed by atoms with Gasteiger partial charge in [-0.1, -0.05) is 128 Å². The van der Waals surface area contributed by atoms with E-state index >= 15 is 0 Å². The normalized spacial score (nSPS) is 13.9. The minimum atomic E-state index is -1.62. The Morgan fingerprint density at radius 3 is 1.84 bits per heavy atom. The third kappa shape index (κ3) is 10.9. The van der Waals surface area contributed by atoms with Gasteiger partial charge in [0.25, 0.3) is 0 Å². The Morgan fingerprint density at radius 1 is 0.724 bits per heavy atom. The SMILES string of the molecule is CCCCC1(CCCC)c2cc(C)ccc2-c2ccc(/C=C/c3ccc(OP(Oc4ccc(/C=N\N(C)[P+](=S)Oc5ccc(C)cc5)cc4)/[P+](P)=N\N=[N-])cc3)cc21. The molecule has 0 spiro atoms. The van der Waals surface area contributed by atoms with Gasteiger partial charge in [0, 0.05) is 5.41 Å². The van der Waals surface area contributed by atoms with Gasteiger partial charge in [-0.25, -0.2) is 5.22 Å². The Kier molecular flexibility index (Phi) is 15.4. The monoisotopic (exact) mass is 864 g/mol. The largest absolute Gasteiger partial charge is 0.540 e.